The molecule has 4 nitrogen and oxygen atoms in total. The first-order valence-electron chi connectivity index (χ1n) is 7.86. The molecule has 1 aromatic carbocycles. The molecule has 1 heterocycles. The summed E-state index contributed by atoms with van der Waals surface area (Å²) in [5, 5.41) is 6.47. The van der Waals surface area contributed by atoms with E-state index in [0.717, 1.165) is 5.69 Å². The summed E-state index contributed by atoms with van der Waals surface area (Å²) in [5.74, 6) is 0. The second kappa shape index (κ2) is 5.34. The highest BCUT2D eigenvalue weighted by atomic mass is 16.2. The van der Waals surface area contributed by atoms with Crippen LogP contribution in [0, 0.1) is 5.41 Å². The number of nitrogens with one attached hydrogen (secondary N) is 2. The van der Waals surface area contributed by atoms with Crippen LogP contribution in [0.2, 0.25) is 0 Å². The van der Waals surface area contributed by atoms with Crippen LogP contribution in [0.5, 0.6) is 0 Å². The van der Waals surface area contributed by atoms with Crippen molar-refractivity contribution in [1.82, 2.24) is 10.2 Å². The van der Waals surface area contributed by atoms with E-state index in [-0.39, 0.29) is 6.03 Å². The maximum Gasteiger partial charge on any atom is 0.321 e. The van der Waals surface area contributed by atoms with E-state index < -0.39 is 0 Å². The molecule has 2 aliphatic rings. The first kappa shape index (κ1) is 14.4. The van der Waals surface area contributed by atoms with Gasteiger partial charge in [-0.2, -0.15) is 0 Å². The summed E-state index contributed by atoms with van der Waals surface area (Å²) in [6, 6.07) is 6.83. The summed E-state index contributed by atoms with van der Waals surface area (Å²) in [5.41, 5.74) is 3.84. The molecule has 0 bridgehead atoms. The van der Waals surface area contributed by atoms with Gasteiger partial charge < -0.3 is 15.5 Å². The topological polar surface area (TPSA) is 44.4 Å². The Balaban J connectivity index is 1.92. The summed E-state index contributed by atoms with van der Waals surface area (Å²) in [6.45, 7) is 3.08. The predicted molar refractivity (Wildman–Crippen MR) is 85.3 cm³/mol. The zero-order valence-corrected chi connectivity index (χ0v) is 13.2. The standard InChI is InChI=1S/C17H25N3O/c1-17(8-4-5-9-17)15(18-2)12-6-7-14-13(10-12)11-20(3)16(21)19-14/h6-7,10,15,18H,4-5,8-9,11H2,1-3H3,(H,19,21). The molecule has 21 heavy (non-hydrogen) atoms. The van der Waals surface area contributed by atoms with E-state index >= 15 is 0 Å². The molecule has 1 aliphatic carbocycles. The van der Waals surface area contributed by atoms with Gasteiger partial charge in [0, 0.05) is 25.3 Å². The number of carbonyl (C=O) groups excluding carboxylic acids is 1. The lowest BCUT2D eigenvalue weighted by Gasteiger charge is -2.35. The molecule has 0 saturated heterocycles. The number of urea groups is 1. The fourth-order valence-electron chi connectivity index (χ4n) is 3.97. The Kier molecular flexibility index (Phi) is 3.66. The minimum atomic E-state index is -0.0248. The van der Waals surface area contributed by atoms with Gasteiger partial charge in [0.15, 0.2) is 0 Å². The Morgan fingerprint density at radius 3 is 2.71 bits per heavy atom. The van der Waals surface area contributed by atoms with Gasteiger partial charge in [0.25, 0.3) is 0 Å². The van der Waals surface area contributed by atoms with Crippen LogP contribution < -0.4 is 10.6 Å². The molecular weight excluding hydrogens is 262 g/mol. The van der Waals surface area contributed by atoms with Crippen LogP contribution in [-0.2, 0) is 6.54 Å². The lowest BCUT2D eigenvalue weighted by Crippen LogP contribution is -2.36. The monoisotopic (exact) mass is 287 g/mol. The Hall–Kier alpha value is -1.55. The van der Waals surface area contributed by atoms with Crippen molar-refractivity contribution in [3.63, 3.8) is 0 Å². The third kappa shape index (κ3) is 2.53. The minimum absolute atomic E-state index is 0.0248. The highest BCUT2D eigenvalue weighted by molar-refractivity contribution is 5.92. The maximum absolute atomic E-state index is 11.7. The van der Waals surface area contributed by atoms with Crippen molar-refractivity contribution in [2.45, 2.75) is 45.2 Å². The summed E-state index contributed by atoms with van der Waals surface area (Å²) in [4.78, 5) is 13.4. The molecule has 4 heteroatoms. The van der Waals surface area contributed by atoms with Crippen molar-refractivity contribution in [2.24, 2.45) is 5.41 Å². The van der Waals surface area contributed by atoms with Crippen LogP contribution in [-0.4, -0.2) is 25.0 Å². The number of amides is 2. The Labute approximate surface area is 126 Å². The van der Waals surface area contributed by atoms with E-state index in [1.165, 1.54) is 36.8 Å². The van der Waals surface area contributed by atoms with Crippen molar-refractivity contribution in [1.29, 1.82) is 0 Å². The molecule has 1 aromatic rings. The molecule has 1 aliphatic heterocycles. The predicted octanol–water partition coefficient (Wildman–Crippen LogP) is 3.50. The van der Waals surface area contributed by atoms with Crippen LogP contribution in [0.25, 0.3) is 0 Å². The van der Waals surface area contributed by atoms with Crippen LogP contribution in [0.3, 0.4) is 0 Å². The van der Waals surface area contributed by atoms with Crippen LogP contribution in [0.15, 0.2) is 18.2 Å². The van der Waals surface area contributed by atoms with Crippen LogP contribution in [0.1, 0.15) is 49.8 Å². The van der Waals surface area contributed by atoms with Gasteiger partial charge in [0.2, 0.25) is 0 Å². The number of nitrogens with zero attached hydrogens (tertiary/aromatic N) is 1. The summed E-state index contributed by atoms with van der Waals surface area (Å²) >= 11 is 0. The van der Waals surface area contributed by atoms with E-state index in [1.54, 1.807) is 4.90 Å². The number of hydrogen-bond donors (Lipinski definition) is 2. The molecular formula is C17H25N3O. The van der Waals surface area contributed by atoms with Gasteiger partial charge in [-0.3, -0.25) is 0 Å². The fourth-order valence-corrected chi connectivity index (χ4v) is 3.97. The quantitative estimate of drug-likeness (QED) is 0.893. The van der Waals surface area contributed by atoms with E-state index in [2.05, 4.69) is 42.8 Å². The SMILES string of the molecule is CNC(c1ccc2c(c1)CN(C)C(=O)N2)C1(C)CCCC1. The lowest BCUT2D eigenvalue weighted by molar-refractivity contribution is 0.218. The summed E-state index contributed by atoms with van der Waals surface area (Å²) < 4.78 is 0. The lowest BCUT2D eigenvalue weighted by atomic mass is 9.77. The van der Waals surface area contributed by atoms with Crippen molar-refractivity contribution in [2.75, 3.05) is 19.4 Å². The molecule has 114 valence electrons. The van der Waals surface area contributed by atoms with Gasteiger partial charge in [-0.05, 0) is 42.5 Å². The third-order valence-corrected chi connectivity index (χ3v) is 5.19. The van der Waals surface area contributed by atoms with Crippen molar-refractivity contribution in [3.05, 3.63) is 29.3 Å². The fraction of sp³-hybridized carbons (Fsp3) is 0.588. The highest BCUT2D eigenvalue weighted by Gasteiger charge is 2.37. The Morgan fingerprint density at radius 2 is 2.05 bits per heavy atom. The van der Waals surface area contributed by atoms with Crippen LogP contribution in [0.4, 0.5) is 10.5 Å². The van der Waals surface area contributed by atoms with Gasteiger partial charge in [0.05, 0.1) is 0 Å². The highest BCUT2D eigenvalue weighted by Crippen LogP contribution is 2.47. The second-order valence-electron chi connectivity index (χ2n) is 6.79. The van der Waals surface area contributed by atoms with E-state index in [1.807, 2.05) is 7.05 Å². The van der Waals surface area contributed by atoms with E-state index in [9.17, 15) is 4.79 Å². The van der Waals surface area contributed by atoms with Gasteiger partial charge in [0.1, 0.15) is 0 Å². The van der Waals surface area contributed by atoms with E-state index in [4.69, 9.17) is 0 Å². The maximum atomic E-state index is 11.7. The normalized spacial score (nSPS) is 21.9. The molecule has 3 rings (SSSR count). The van der Waals surface area contributed by atoms with Crippen LogP contribution >= 0.6 is 0 Å². The molecule has 2 amide bonds. The largest absolute Gasteiger partial charge is 0.323 e. The molecule has 0 aromatic heterocycles. The van der Waals surface area contributed by atoms with Gasteiger partial charge in [-0.25, -0.2) is 4.79 Å². The molecule has 2 N–H and O–H groups in total. The van der Waals surface area contributed by atoms with Crippen molar-refractivity contribution >= 4 is 11.7 Å². The van der Waals surface area contributed by atoms with Crippen molar-refractivity contribution in [3.8, 4) is 0 Å². The Morgan fingerprint density at radius 1 is 1.33 bits per heavy atom. The third-order valence-electron chi connectivity index (χ3n) is 5.19. The molecule has 1 atom stereocenters. The smallest absolute Gasteiger partial charge is 0.321 e. The van der Waals surface area contributed by atoms with Gasteiger partial charge >= 0.3 is 6.03 Å². The number of rotatable bonds is 3. The number of benzene rings is 1. The van der Waals surface area contributed by atoms with Crippen molar-refractivity contribution < 1.29 is 4.79 Å². The van der Waals surface area contributed by atoms with E-state index in [0.29, 0.717) is 18.0 Å². The van der Waals surface area contributed by atoms with Gasteiger partial charge in [-0.1, -0.05) is 31.9 Å². The molecule has 1 fully saturated rings. The average molecular weight is 287 g/mol. The number of fused-ring (bicyclic) bond motifs is 1. The number of hydrogen-bond acceptors (Lipinski definition) is 2. The Bertz CT molecular complexity index is 549. The molecule has 1 unspecified atom stereocenters. The second-order valence-corrected chi connectivity index (χ2v) is 6.79. The first-order chi connectivity index (χ1) is 10.0. The summed E-state index contributed by atoms with van der Waals surface area (Å²) in [6.07, 6.45) is 5.23. The summed E-state index contributed by atoms with van der Waals surface area (Å²) in [7, 11) is 3.89. The number of carbonyl (C=O) groups is 1. The number of anilines is 1. The molecule has 1 saturated carbocycles. The zero-order valence-electron chi connectivity index (χ0n) is 13.2. The molecule has 0 spiro atoms. The van der Waals surface area contributed by atoms with Gasteiger partial charge in [-0.15, -0.1) is 0 Å². The first-order valence-corrected chi connectivity index (χ1v) is 7.86. The minimum Gasteiger partial charge on any atom is -0.323 e. The zero-order chi connectivity index (χ0) is 15.0. The molecule has 0 radical (unpaired) electrons. The average Bonchev–Trinajstić information content (AvgIpc) is 2.88.